The zero-order chi connectivity index (χ0) is 14.0. The van der Waals surface area contributed by atoms with Crippen molar-refractivity contribution in [2.45, 2.75) is 47.1 Å². The van der Waals surface area contributed by atoms with Crippen molar-refractivity contribution in [3.8, 4) is 0 Å². The highest BCUT2D eigenvalue weighted by molar-refractivity contribution is 5.60. The maximum Gasteiger partial charge on any atom is 0.0431 e. The van der Waals surface area contributed by atoms with E-state index in [1.165, 1.54) is 16.8 Å². The highest BCUT2D eigenvalue weighted by Gasteiger charge is 2.29. The summed E-state index contributed by atoms with van der Waals surface area (Å²) in [7, 11) is 0. The Hall–Kier alpha value is -1.02. The maximum atomic E-state index is 3.60. The SMILES string of the molecule is CCc1cccc(C)c1N1CC(C)(C)CNCC1C. The molecule has 0 amide bonds. The average Bonchev–Trinajstić information content (AvgIpc) is 2.48. The quantitative estimate of drug-likeness (QED) is 0.877. The number of hydrogen-bond donors (Lipinski definition) is 1. The second kappa shape index (κ2) is 5.54. The Morgan fingerprint density at radius 3 is 2.79 bits per heavy atom. The van der Waals surface area contributed by atoms with Crippen molar-refractivity contribution in [3.05, 3.63) is 29.3 Å². The Labute approximate surface area is 118 Å². The van der Waals surface area contributed by atoms with Crippen LogP contribution in [0.2, 0.25) is 0 Å². The minimum atomic E-state index is 0.318. The molecule has 1 saturated heterocycles. The highest BCUT2D eigenvalue weighted by atomic mass is 15.2. The molecule has 19 heavy (non-hydrogen) atoms. The first-order valence-corrected chi connectivity index (χ1v) is 7.50. The van der Waals surface area contributed by atoms with E-state index in [2.05, 4.69) is 63.0 Å². The monoisotopic (exact) mass is 260 g/mol. The molecule has 0 aliphatic carbocycles. The molecule has 1 atom stereocenters. The third kappa shape index (κ3) is 3.11. The van der Waals surface area contributed by atoms with Crippen molar-refractivity contribution in [2.24, 2.45) is 5.41 Å². The zero-order valence-electron chi connectivity index (χ0n) is 13.1. The van der Waals surface area contributed by atoms with Crippen LogP contribution in [0.1, 0.15) is 38.8 Å². The van der Waals surface area contributed by atoms with Crippen molar-refractivity contribution in [2.75, 3.05) is 24.5 Å². The molecular formula is C17H28N2. The fourth-order valence-corrected chi connectivity index (χ4v) is 3.12. The normalized spacial score (nSPS) is 23.2. The molecule has 0 spiro atoms. The summed E-state index contributed by atoms with van der Waals surface area (Å²) in [4.78, 5) is 2.62. The lowest BCUT2D eigenvalue weighted by Crippen LogP contribution is -2.41. The summed E-state index contributed by atoms with van der Waals surface area (Å²) in [6, 6.07) is 7.25. The minimum Gasteiger partial charge on any atom is -0.367 e. The molecule has 106 valence electrons. The first-order chi connectivity index (χ1) is 8.94. The summed E-state index contributed by atoms with van der Waals surface area (Å²) in [6.45, 7) is 14.8. The van der Waals surface area contributed by atoms with Gasteiger partial charge in [0.1, 0.15) is 0 Å². The zero-order valence-corrected chi connectivity index (χ0v) is 13.1. The number of hydrogen-bond acceptors (Lipinski definition) is 2. The Kier molecular flexibility index (Phi) is 4.19. The molecule has 1 fully saturated rings. The molecule has 0 bridgehead atoms. The van der Waals surface area contributed by atoms with Gasteiger partial charge in [0.15, 0.2) is 0 Å². The number of nitrogens with one attached hydrogen (secondary N) is 1. The van der Waals surface area contributed by atoms with Gasteiger partial charge < -0.3 is 10.2 Å². The molecule has 1 aromatic carbocycles. The number of rotatable bonds is 2. The van der Waals surface area contributed by atoms with Gasteiger partial charge in [-0.1, -0.05) is 39.0 Å². The van der Waals surface area contributed by atoms with Crippen LogP contribution in [0.15, 0.2) is 18.2 Å². The van der Waals surface area contributed by atoms with Crippen LogP contribution in [-0.4, -0.2) is 25.7 Å². The summed E-state index contributed by atoms with van der Waals surface area (Å²) in [6.07, 6.45) is 1.11. The largest absolute Gasteiger partial charge is 0.367 e. The van der Waals surface area contributed by atoms with Gasteiger partial charge in [0.05, 0.1) is 0 Å². The average molecular weight is 260 g/mol. The van der Waals surface area contributed by atoms with Crippen molar-refractivity contribution < 1.29 is 0 Å². The first kappa shape index (κ1) is 14.4. The summed E-state index contributed by atoms with van der Waals surface area (Å²) < 4.78 is 0. The topological polar surface area (TPSA) is 15.3 Å². The molecule has 2 heteroatoms. The van der Waals surface area contributed by atoms with Crippen molar-refractivity contribution in [1.29, 1.82) is 0 Å². The molecule has 1 unspecified atom stereocenters. The van der Waals surface area contributed by atoms with Crippen LogP contribution in [0.25, 0.3) is 0 Å². The van der Waals surface area contributed by atoms with E-state index in [9.17, 15) is 0 Å². The van der Waals surface area contributed by atoms with E-state index in [1.54, 1.807) is 0 Å². The van der Waals surface area contributed by atoms with Crippen LogP contribution in [-0.2, 0) is 6.42 Å². The molecule has 1 N–H and O–H groups in total. The van der Waals surface area contributed by atoms with Gasteiger partial charge in [-0.15, -0.1) is 0 Å². The van der Waals surface area contributed by atoms with Gasteiger partial charge >= 0.3 is 0 Å². The molecule has 0 saturated carbocycles. The van der Waals surface area contributed by atoms with Gasteiger partial charge in [-0.3, -0.25) is 0 Å². The van der Waals surface area contributed by atoms with Crippen molar-refractivity contribution in [3.63, 3.8) is 0 Å². The van der Waals surface area contributed by atoms with Crippen LogP contribution in [0, 0.1) is 12.3 Å². The summed E-state index contributed by atoms with van der Waals surface area (Å²) >= 11 is 0. The maximum absolute atomic E-state index is 3.60. The lowest BCUT2D eigenvalue weighted by atomic mass is 9.92. The minimum absolute atomic E-state index is 0.318. The molecule has 0 aromatic heterocycles. The van der Waals surface area contributed by atoms with Crippen LogP contribution < -0.4 is 10.2 Å². The smallest absolute Gasteiger partial charge is 0.0431 e. The lowest BCUT2D eigenvalue weighted by Gasteiger charge is -2.36. The first-order valence-electron chi connectivity index (χ1n) is 7.50. The fraction of sp³-hybridized carbons (Fsp3) is 0.647. The molecule has 2 rings (SSSR count). The van der Waals surface area contributed by atoms with E-state index in [4.69, 9.17) is 0 Å². The molecule has 1 heterocycles. The van der Waals surface area contributed by atoms with Gasteiger partial charge in [-0.05, 0) is 36.8 Å². The number of para-hydroxylation sites is 1. The van der Waals surface area contributed by atoms with Crippen LogP contribution >= 0.6 is 0 Å². The molecule has 1 aliphatic heterocycles. The second-order valence-corrected chi connectivity index (χ2v) is 6.71. The number of aryl methyl sites for hydroxylation is 2. The molecule has 0 radical (unpaired) electrons. The third-order valence-corrected chi connectivity index (χ3v) is 4.16. The van der Waals surface area contributed by atoms with E-state index in [0.717, 1.165) is 26.1 Å². The standard InChI is InChI=1S/C17H28N2/c1-6-15-9-7-8-13(2)16(15)19-12-17(4,5)11-18-10-14(19)3/h7-9,14,18H,6,10-12H2,1-5H3. The Morgan fingerprint density at radius 1 is 1.37 bits per heavy atom. The van der Waals surface area contributed by atoms with E-state index in [-0.39, 0.29) is 0 Å². The van der Waals surface area contributed by atoms with Crippen molar-refractivity contribution in [1.82, 2.24) is 5.32 Å². The van der Waals surface area contributed by atoms with Gasteiger partial charge in [-0.25, -0.2) is 0 Å². The molecule has 1 aliphatic rings. The second-order valence-electron chi connectivity index (χ2n) is 6.71. The van der Waals surface area contributed by atoms with Gasteiger partial charge in [-0.2, -0.15) is 0 Å². The molecule has 2 nitrogen and oxygen atoms in total. The van der Waals surface area contributed by atoms with Crippen LogP contribution in [0.3, 0.4) is 0 Å². The Bertz CT molecular complexity index is 437. The molecule has 1 aromatic rings. The number of nitrogens with zero attached hydrogens (tertiary/aromatic N) is 1. The third-order valence-electron chi connectivity index (χ3n) is 4.16. The van der Waals surface area contributed by atoms with E-state index < -0.39 is 0 Å². The predicted octanol–water partition coefficient (Wildman–Crippen LogP) is 3.38. The summed E-state index contributed by atoms with van der Waals surface area (Å²) in [5, 5.41) is 3.60. The van der Waals surface area contributed by atoms with Crippen molar-refractivity contribution >= 4 is 5.69 Å². The van der Waals surface area contributed by atoms with Gasteiger partial charge in [0.2, 0.25) is 0 Å². The van der Waals surface area contributed by atoms with Crippen LogP contribution in [0.5, 0.6) is 0 Å². The predicted molar refractivity (Wildman–Crippen MR) is 84.0 cm³/mol. The summed E-state index contributed by atoms with van der Waals surface area (Å²) in [5.41, 5.74) is 4.67. The Morgan fingerprint density at radius 2 is 2.11 bits per heavy atom. The highest BCUT2D eigenvalue weighted by Crippen LogP contribution is 2.31. The number of anilines is 1. The lowest BCUT2D eigenvalue weighted by molar-refractivity contribution is 0.369. The Balaban J connectivity index is 2.43. The van der Waals surface area contributed by atoms with E-state index in [0.29, 0.717) is 11.5 Å². The fourth-order valence-electron chi connectivity index (χ4n) is 3.12. The summed E-state index contributed by atoms with van der Waals surface area (Å²) in [5.74, 6) is 0. The number of benzene rings is 1. The van der Waals surface area contributed by atoms with E-state index in [1.807, 2.05) is 0 Å². The van der Waals surface area contributed by atoms with Gasteiger partial charge in [0, 0.05) is 31.4 Å². The molecular weight excluding hydrogens is 232 g/mol. The van der Waals surface area contributed by atoms with E-state index >= 15 is 0 Å². The van der Waals surface area contributed by atoms with Crippen LogP contribution in [0.4, 0.5) is 5.69 Å². The van der Waals surface area contributed by atoms with Gasteiger partial charge in [0.25, 0.3) is 0 Å².